The van der Waals surface area contributed by atoms with Crippen LogP contribution >= 0.6 is 0 Å². The van der Waals surface area contributed by atoms with Crippen LogP contribution in [0.5, 0.6) is 0 Å². The fraction of sp³-hybridized carbons (Fsp3) is 0. The normalized spacial score (nSPS) is 10.4. The minimum absolute atomic E-state index is 0.255. The lowest BCUT2D eigenvalue weighted by Gasteiger charge is -2.08. The molecule has 0 aliphatic heterocycles. The largest absolute Gasteiger partial charge is 0.351 e. The minimum atomic E-state index is -0.755. The molecule has 0 aliphatic carbocycles. The predicted octanol–water partition coefficient (Wildman–Crippen LogP) is 3.99. The van der Waals surface area contributed by atoms with E-state index in [0.717, 1.165) is 36.4 Å². The standard InChI is InChI=1S/C12H7F4N/c13-7-1-3-9(15)11(5-7)17-12-6-8(14)2-4-10(12)16/h1-6,17H. The minimum Gasteiger partial charge on any atom is -0.351 e. The van der Waals surface area contributed by atoms with Crippen LogP contribution in [0.1, 0.15) is 0 Å². The monoisotopic (exact) mass is 241 g/mol. The maximum Gasteiger partial charge on any atom is 0.146 e. The van der Waals surface area contributed by atoms with E-state index in [0.29, 0.717) is 0 Å². The van der Waals surface area contributed by atoms with Gasteiger partial charge in [-0.1, -0.05) is 0 Å². The second-order valence-electron chi connectivity index (χ2n) is 3.37. The van der Waals surface area contributed by atoms with Crippen LogP contribution in [0.4, 0.5) is 28.9 Å². The van der Waals surface area contributed by atoms with Crippen LogP contribution in [0.15, 0.2) is 36.4 Å². The zero-order valence-electron chi connectivity index (χ0n) is 8.48. The van der Waals surface area contributed by atoms with Gasteiger partial charge in [-0.2, -0.15) is 0 Å². The highest BCUT2D eigenvalue weighted by Crippen LogP contribution is 2.23. The average Bonchev–Trinajstić information content (AvgIpc) is 2.28. The molecule has 2 rings (SSSR count). The van der Waals surface area contributed by atoms with Crippen molar-refractivity contribution in [3.8, 4) is 0 Å². The summed E-state index contributed by atoms with van der Waals surface area (Å²) in [7, 11) is 0. The molecule has 0 heterocycles. The van der Waals surface area contributed by atoms with Crippen molar-refractivity contribution in [1.82, 2.24) is 0 Å². The quantitative estimate of drug-likeness (QED) is 0.784. The summed E-state index contributed by atoms with van der Waals surface area (Å²) in [4.78, 5) is 0. The molecule has 0 aliphatic rings. The maximum absolute atomic E-state index is 13.2. The van der Waals surface area contributed by atoms with Crippen molar-refractivity contribution in [3.63, 3.8) is 0 Å². The topological polar surface area (TPSA) is 12.0 Å². The number of hydrogen-bond acceptors (Lipinski definition) is 1. The molecule has 0 saturated heterocycles. The second-order valence-corrected chi connectivity index (χ2v) is 3.37. The van der Waals surface area contributed by atoms with E-state index in [1.54, 1.807) is 0 Å². The summed E-state index contributed by atoms with van der Waals surface area (Å²) in [5.41, 5.74) is -0.510. The number of benzene rings is 2. The maximum atomic E-state index is 13.2. The van der Waals surface area contributed by atoms with Gasteiger partial charge in [0.1, 0.15) is 23.3 Å². The molecule has 88 valence electrons. The van der Waals surface area contributed by atoms with E-state index in [1.165, 1.54) is 0 Å². The van der Waals surface area contributed by atoms with Crippen molar-refractivity contribution in [2.24, 2.45) is 0 Å². The third-order valence-corrected chi connectivity index (χ3v) is 2.13. The molecule has 1 nitrogen and oxygen atoms in total. The summed E-state index contributed by atoms with van der Waals surface area (Å²) >= 11 is 0. The van der Waals surface area contributed by atoms with E-state index in [2.05, 4.69) is 5.32 Å². The zero-order chi connectivity index (χ0) is 12.4. The number of halogens is 4. The Bertz CT molecular complexity index is 505. The van der Waals surface area contributed by atoms with Crippen molar-refractivity contribution in [3.05, 3.63) is 59.7 Å². The van der Waals surface area contributed by atoms with Gasteiger partial charge in [0.15, 0.2) is 0 Å². The van der Waals surface area contributed by atoms with Gasteiger partial charge in [-0.15, -0.1) is 0 Å². The molecule has 17 heavy (non-hydrogen) atoms. The van der Waals surface area contributed by atoms with Crippen LogP contribution in [0.2, 0.25) is 0 Å². The molecular formula is C12H7F4N. The van der Waals surface area contributed by atoms with E-state index in [4.69, 9.17) is 0 Å². The van der Waals surface area contributed by atoms with Gasteiger partial charge in [0.25, 0.3) is 0 Å². The SMILES string of the molecule is Fc1ccc(F)c(Nc2cc(F)ccc2F)c1. The van der Waals surface area contributed by atoms with E-state index < -0.39 is 23.3 Å². The van der Waals surface area contributed by atoms with E-state index in [-0.39, 0.29) is 11.4 Å². The van der Waals surface area contributed by atoms with Crippen LogP contribution in [-0.4, -0.2) is 0 Å². The van der Waals surface area contributed by atoms with Gasteiger partial charge in [0.05, 0.1) is 11.4 Å². The molecule has 0 aromatic heterocycles. The molecule has 0 unspecified atom stereocenters. The fourth-order valence-electron chi connectivity index (χ4n) is 1.33. The number of hydrogen-bond donors (Lipinski definition) is 1. The molecule has 2 aromatic carbocycles. The highest BCUT2D eigenvalue weighted by Gasteiger charge is 2.08. The molecule has 2 aromatic rings. The Morgan fingerprint density at radius 3 is 1.47 bits per heavy atom. The molecule has 0 saturated carbocycles. The first-order chi connectivity index (χ1) is 8.06. The van der Waals surface area contributed by atoms with Gasteiger partial charge in [-0.3, -0.25) is 0 Å². The predicted molar refractivity (Wildman–Crippen MR) is 56.0 cm³/mol. The first-order valence-electron chi connectivity index (χ1n) is 4.73. The van der Waals surface area contributed by atoms with Gasteiger partial charge in [0.2, 0.25) is 0 Å². The lowest BCUT2D eigenvalue weighted by molar-refractivity contribution is 0.598. The van der Waals surface area contributed by atoms with Crippen molar-refractivity contribution < 1.29 is 17.6 Å². The third-order valence-electron chi connectivity index (χ3n) is 2.13. The fourth-order valence-corrected chi connectivity index (χ4v) is 1.33. The van der Waals surface area contributed by atoms with Crippen LogP contribution in [0, 0.1) is 23.3 Å². The summed E-state index contributed by atoms with van der Waals surface area (Å²) in [5, 5.41) is 2.29. The van der Waals surface area contributed by atoms with E-state index >= 15 is 0 Å². The molecule has 1 N–H and O–H groups in total. The number of rotatable bonds is 2. The summed E-state index contributed by atoms with van der Waals surface area (Å²) in [6.45, 7) is 0. The highest BCUT2D eigenvalue weighted by atomic mass is 19.1. The number of nitrogens with one attached hydrogen (secondary N) is 1. The summed E-state index contributed by atoms with van der Waals surface area (Å²) in [5.74, 6) is -2.86. The van der Waals surface area contributed by atoms with Gasteiger partial charge in [-0.05, 0) is 24.3 Å². The lowest BCUT2D eigenvalue weighted by atomic mass is 10.2. The molecule has 0 fully saturated rings. The Morgan fingerprint density at radius 1 is 0.647 bits per heavy atom. The number of anilines is 2. The Kier molecular flexibility index (Phi) is 2.99. The molecule has 0 amide bonds. The van der Waals surface area contributed by atoms with Gasteiger partial charge >= 0.3 is 0 Å². The molecule has 0 radical (unpaired) electrons. The van der Waals surface area contributed by atoms with E-state index in [1.807, 2.05) is 0 Å². The Hall–Kier alpha value is -2.04. The lowest BCUT2D eigenvalue weighted by Crippen LogP contribution is -1.97. The molecule has 0 bridgehead atoms. The van der Waals surface area contributed by atoms with Crippen molar-refractivity contribution in [1.29, 1.82) is 0 Å². The van der Waals surface area contributed by atoms with Crippen molar-refractivity contribution in [2.75, 3.05) is 5.32 Å². The first kappa shape index (κ1) is 11.4. The van der Waals surface area contributed by atoms with Crippen molar-refractivity contribution in [2.45, 2.75) is 0 Å². The third kappa shape index (κ3) is 2.55. The Labute approximate surface area is 94.7 Å². The summed E-state index contributed by atoms with van der Waals surface area (Å²) in [6.07, 6.45) is 0. The molecule has 5 heteroatoms. The van der Waals surface area contributed by atoms with Crippen LogP contribution in [0.25, 0.3) is 0 Å². The van der Waals surface area contributed by atoms with Crippen LogP contribution in [0.3, 0.4) is 0 Å². The Balaban J connectivity index is 2.37. The highest BCUT2D eigenvalue weighted by molar-refractivity contribution is 5.60. The summed E-state index contributed by atoms with van der Waals surface area (Å²) < 4.78 is 52.2. The molecular weight excluding hydrogens is 234 g/mol. The zero-order valence-corrected chi connectivity index (χ0v) is 8.48. The van der Waals surface area contributed by atoms with Crippen LogP contribution in [-0.2, 0) is 0 Å². The van der Waals surface area contributed by atoms with E-state index in [9.17, 15) is 17.6 Å². The van der Waals surface area contributed by atoms with Gasteiger partial charge < -0.3 is 5.32 Å². The average molecular weight is 241 g/mol. The van der Waals surface area contributed by atoms with Gasteiger partial charge in [-0.25, -0.2) is 17.6 Å². The summed E-state index contributed by atoms with van der Waals surface area (Å²) in [6, 6.07) is 5.38. The molecule has 0 spiro atoms. The second kappa shape index (κ2) is 4.45. The Morgan fingerprint density at radius 2 is 1.06 bits per heavy atom. The molecule has 0 atom stereocenters. The van der Waals surface area contributed by atoms with Crippen molar-refractivity contribution >= 4 is 11.4 Å². The van der Waals surface area contributed by atoms with Gasteiger partial charge in [0, 0.05) is 12.1 Å². The smallest absolute Gasteiger partial charge is 0.146 e. The first-order valence-corrected chi connectivity index (χ1v) is 4.73. The van der Waals surface area contributed by atoms with Crippen LogP contribution < -0.4 is 5.32 Å².